The highest BCUT2D eigenvalue weighted by Crippen LogP contribution is 2.27. The number of amides is 2. The molecule has 5 heteroatoms. The van der Waals surface area contributed by atoms with Crippen LogP contribution in [0.5, 0.6) is 0 Å². The summed E-state index contributed by atoms with van der Waals surface area (Å²) in [6.07, 6.45) is 5.73. The van der Waals surface area contributed by atoms with E-state index < -0.39 is 0 Å². The molecule has 2 fully saturated rings. The van der Waals surface area contributed by atoms with Crippen LogP contribution in [0.15, 0.2) is 0 Å². The number of hydrogen-bond acceptors (Lipinski definition) is 4. The van der Waals surface area contributed by atoms with Gasteiger partial charge in [0.25, 0.3) is 0 Å². The number of likely N-dealkylation sites (tertiary alicyclic amines) is 1. The summed E-state index contributed by atoms with van der Waals surface area (Å²) in [7, 11) is 1.62. The average Bonchev–Trinajstić information content (AvgIpc) is 2.66. The molecule has 0 aromatic heterocycles. The van der Waals surface area contributed by atoms with Crippen molar-refractivity contribution in [3.05, 3.63) is 0 Å². The number of nitrogens with zero attached hydrogens (tertiary/aromatic N) is 1. The maximum atomic E-state index is 12.2. The van der Waals surface area contributed by atoms with Gasteiger partial charge in [-0.3, -0.25) is 14.5 Å². The Labute approximate surface area is 108 Å². The predicted octanol–water partition coefficient (Wildman–Crippen LogP) is 0.683. The van der Waals surface area contributed by atoms with Gasteiger partial charge in [-0.15, -0.1) is 0 Å². The van der Waals surface area contributed by atoms with E-state index in [0.717, 1.165) is 25.7 Å². The normalized spacial score (nSPS) is 26.1. The van der Waals surface area contributed by atoms with Crippen molar-refractivity contribution in [2.24, 2.45) is 0 Å². The average molecular weight is 254 g/mol. The summed E-state index contributed by atoms with van der Waals surface area (Å²) in [5.74, 6) is -0.0511. The zero-order valence-corrected chi connectivity index (χ0v) is 11.0. The van der Waals surface area contributed by atoms with E-state index in [4.69, 9.17) is 4.74 Å². The van der Waals surface area contributed by atoms with Gasteiger partial charge in [0.2, 0.25) is 11.8 Å². The van der Waals surface area contributed by atoms with E-state index in [0.29, 0.717) is 19.6 Å². The van der Waals surface area contributed by atoms with Crippen LogP contribution in [0.25, 0.3) is 0 Å². The molecule has 1 unspecified atom stereocenters. The molecule has 0 bridgehead atoms. The van der Waals surface area contributed by atoms with Crippen molar-refractivity contribution < 1.29 is 14.3 Å². The second kappa shape index (κ2) is 6.29. The first kappa shape index (κ1) is 13.5. The van der Waals surface area contributed by atoms with Crippen LogP contribution in [0, 0.1) is 0 Å². The Morgan fingerprint density at radius 2 is 2.00 bits per heavy atom. The third-order valence-corrected chi connectivity index (χ3v) is 3.82. The second-order valence-corrected chi connectivity index (χ2v) is 5.10. The van der Waals surface area contributed by atoms with E-state index in [1.165, 1.54) is 11.3 Å². The van der Waals surface area contributed by atoms with Crippen molar-refractivity contribution in [1.82, 2.24) is 10.2 Å². The highest BCUT2D eigenvalue weighted by atomic mass is 16.5. The molecule has 0 radical (unpaired) electrons. The first-order valence-corrected chi connectivity index (χ1v) is 6.82. The molecule has 1 atom stereocenters. The van der Waals surface area contributed by atoms with Crippen molar-refractivity contribution >= 4 is 11.8 Å². The highest BCUT2D eigenvalue weighted by molar-refractivity contribution is 6.05. The Morgan fingerprint density at radius 1 is 1.28 bits per heavy atom. The Bertz CT molecular complexity index is 313. The molecular weight excluding hydrogens is 232 g/mol. The van der Waals surface area contributed by atoms with Gasteiger partial charge in [-0.05, 0) is 12.8 Å². The number of imide groups is 1. The zero-order chi connectivity index (χ0) is 13.0. The van der Waals surface area contributed by atoms with Crippen molar-refractivity contribution in [2.75, 3.05) is 20.3 Å². The number of methoxy groups -OCH3 is 1. The molecule has 1 saturated carbocycles. The van der Waals surface area contributed by atoms with E-state index in [1.807, 2.05) is 0 Å². The lowest BCUT2D eigenvalue weighted by atomic mass is 9.94. The number of rotatable bonds is 5. The summed E-state index contributed by atoms with van der Waals surface area (Å²) < 4.78 is 4.93. The van der Waals surface area contributed by atoms with Crippen LogP contribution < -0.4 is 5.32 Å². The van der Waals surface area contributed by atoms with Crippen LogP contribution in [0.1, 0.15) is 38.5 Å². The standard InChI is InChI=1S/C13H22N2O3/c1-18-8-7-14-11-9-12(16)15(13(11)17)10-5-3-2-4-6-10/h10-11,14H,2-9H2,1H3. The number of carbonyl (C=O) groups excluding carboxylic acids is 2. The Morgan fingerprint density at radius 3 is 2.67 bits per heavy atom. The molecule has 0 aromatic rings. The molecule has 102 valence electrons. The van der Waals surface area contributed by atoms with Crippen molar-refractivity contribution in [1.29, 1.82) is 0 Å². The molecule has 18 heavy (non-hydrogen) atoms. The fourth-order valence-electron chi connectivity index (χ4n) is 2.87. The molecular formula is C13H22N2O3. The van der Waals surface area contributed by atoms with Gasteiger partial charge >= 0.3 is 0 Å². The quantitative estimate of drug-likeness (QED) is 0.579. The Kier molecular flexibility index (Phi) is 4.72. The third-order valence-electron chi connectivity index (χ3n) is 3.82. The summed E-state index contributed by atoms with van der Waals surface area (Å²) in [5, 5.41) is 3.09. The lowest BCUT2D eigenvalue weighted by molar-refractivity contribution is -0.142. The van der Waals surface area contributed by atoms with Gasteiger partial charge in [0, 0.05) is 19.7 Å². The first-order chi connectivity index (χ1) is 8.74. The molecule has 2 aliphatic rings. The fraction of sp³-hybridized carbons (Fsp3) is 0.846. The minimum atomic E-state index is -0.338. The van der Waals surface area contributed by atoms with Crippen LogP contribution in [0.4, 0.5) is 0 Å². The molecule has 1 N–H and O–H groups in total. The zero-order valence-electron chi connectivity index (χ0n) is 11.0. The van der Waals surface area contributed by atoms with Crippen LogP contribution in [-0.2, 0) is 14.3 Å². The fourth-order valence-corrected chi connectivity index (χ4v) is 2.87. The minimum Gasteiger partial charge on any atom is -0.383 e. The summed E-state index contributed by atoms with van der Waals surface area (Å²) in [4.78, 5) is 25.7. The Balaban J connectivity index is 1.91. The maximum absolute atomic E-state index is 12.2. The number of carbonyl (C=O) groups is 2. The van der Waals surface area contributed by atoms with Crippen LogP contribution in [-0.4, -0.2) is 49.1 Å². The van der Waals surface area contributed by atoms with E-state index in [2.05, 4.69) is 5.32 Å². The Hall–Kier alpha value is -0.940. The molecule has 0 aromatic carbocycles. The summed E-state index contributed by atoms with van der Waals surface area (Å²) in [6, 6.07) is -0.192. The highest BCUT2D eigenvalue weighted by Gasteiger charge is 2.42. The van der Waals surface area contributed by atoms with Crippen molar-refractivity contribution in [3.8, 4) is 0 Å². The van der Waals surface area contributed by atoms with E-state index in [1.54, 1.807) is 7.11 Å². The van der Waals surface area contributed by atoms with Gasteiger partial charge < -0.3 is 10.1 Å². The van der Waals surface area contributed by atoms with Crippen LogP contribution in [0.2, 0.25) is 0 Å². The van der Waals surface area contributed by atoms with Gasteiger partial charge in [0.05, 0.1) is 19.1 Å². The number of hydrogen-bond donors (Lipinski definition) is 1. The van der Waals surface area contributed by atoms with Gasteiger partial charge in [-0.1, -0.05) is 19.3 Å². The monoisotopic (exact) mass is 254 g/mol. The van der Waals surface area contributed by atoms with Crippen molar-refractivity contribution in [3.63, 3.8) is 0 Å². The summed E-state index contributed by atoms with van der Waals surface area (Å²) in [6.45, 7) is 1.17. The number of nitrogens with one attached hydrogen (secondary N) is 1. The van der Waals surface area contributed by atoms with Gasteiger partial charge in [-0.2, -0.15) is 0 Å². The SMILES string of the molecule is COCCNC1CC(=O)N(C2CCCCC2)C1=O. The van der Waals surface area contributed by atoms with Gasteiger partial charge in [-0.25, -0.2) is 0 Å². The van der Waals surface area contributed by atoms with Crippen LogP contribution in [0.3, 0.4) is 0 Å². The predicted molar refractivity (Wildman–Crippen MR) is 67.0 cm³/mol. The first-order valence-electron chi connectivity index (χ1n) is 6.82. The molecule has 1 saturated heterocycles. The van der Waals surface area contributed by atoms with Crippen LogP contribution >= 0.6 is 0 Å². The second-order valence-electron chi connectivity index (χ2n) is 5.10. The third kappa shape index (κ3) is 2.90. The smallest absolute Gasteiger partial charge is 0.247 e. The molecule has 1 heterocycles. The summed E-state index contributed by atoms with van der Waals surface area (Å²) >= 11 is 0. The topological polar surface area (TPSA) is 58.6 Å². The minimum absolute atomic E-state index is 0.0122. The maximum Gasteiger partial charge on any atom is 0.247 e. The summed E-state index contributed by atoms with van der Waals surface area (Å²) in [5.41, 5.74) is 0. The lowest BCUT2D eigenvalue weighted by Crippen LogP contribution is -2.45. The molecule has 1 aliphatic carbocycles. The molecule has 1 aliphatic heterocycles. The van der Waals surface area contributed by atoms with E-state index in [-0.39, 0.29) is 23.9 Å². The van der Waals surface area contributed by atoms with Gasteiger partial charge in [0.1, 0.15) is 0 Å². The molecule has 2 amide bonds. The molecule has 5 nitrogen and oxygen atoms in total. The lowest BCUT2D eigenvalue weighted by Gasteiger charge is -2.29. The molecule has 0 spiro atoms. The molecule has 2 rings (SSSR count). The largest absolute Gasteiger partial charge is 0.383 e. The number of ether oxygens (including phenoxy) is 1. The van der Waals surface area contributed by atoms with Crippen molar-refractivity contribution in [2.45, 2.75) is 50.6 Å². The van der Waals surface area contributed by atoms with Gasteiger partial charge in [0.15, 0.2) is 0 Å². The van der Waals surface area contributed by atoms with E-state index >= 15 is 0 Å². The van der Waals surface area contributed by atoms with E-state index in [9.17, 15) is 9.59 Å².